The fraction of sp³-hybridized carbons (Fsp3) is 0.419. The highest BCUT2D eigenvalue weighted by Crippen LogP contribution is 2.29. The summed E-state index contributed by atoms with van der Waals surface area (Å²) in [5.74, 6) is 1.20. The molecule has 1 fully saturated rings. The van der Waals surface area contributed by atoms with Gasteiger partial charge in [0.25, 0.3) is 5.91 Å². The third kappa shape index (κ3) is 7.39. The number of ether oxygens (including phenoxy) is 3. The third-order valence-electron chi connectivity index (χ3n) is 7.69. The molecule has 0 radical (unpaired) electrons. The van der Waals surface area contributed by atoms with E-state index in [9.17, 15) is 14.4 Å². The highest BCUT2D eigenvalue weighted by Gasteiger charge is 2.34. The quantitative estimate of drug-likeness (QED) is 0.489. The summed E-state index contributed by atoms with van der Waals surface area (Å²) in [7, 11) is 3.39. The number of likely N-dealkylation sites (tertiary alicyclic amines) is 1. The van der Waals surface area contributed by atoms with E-state index in [1.807, 2.05) is 49.5 Å². The first kappa shape index (κ1) is 29.0. The van der Waals surface area contributed by atoms with Crippen LogP contribution in [0.5, 0.6) is 17.2 Å². The van der Waals surface area contributed by atoms with Gasteiger partial charge >= 0.3 is 0 Å². The standard InChI is InChI=1S/C31H37N5O6/c1-35-23(13-15-33-35)7-12-31(39)36-16-14-26-25(19-36)34-30(38)20-41-27-10-5-21(17-28(27)40-2)6-11-29(37)32-18-22-3-8-24(42-26)9-4-22/h3-5,8-10,13,15,17,25-26H,6-7,11-12,14,16,18-20H2,1-2H3,(H,32,37)(H,34,38)/t25-,26-/m1/s1. The normalized spacial score (nSPS) is 19.6. The maximum Gasteiger partial charge on any atom is 0.258 e. The van der Waals surface area contributed by atoms with Gasteiger partial charge in [-0.3, -0.25) is 19.1 Å². The van der Waals surface area contributed by atoms with Crippen LogP contribution in [0, 0.1) is 0 Å². The molecule has 5 aliphatic heterocycles. The molecule has 8 rings (SSSR count). The van der Waals surface area contributed by atoms with E-state index < -0.39 is 6.04 Å². The lowest BCUT2D eigenvalue weighted by Gasteiger charge is -2.39. The number of hydrogen-bond donors (Lipinski definition) is 2. The number of carbonyl (C=O) groups excluding carboxylic acids is 3. The predicted molar refractivity (Wildman–Crippen MR) is 154 cm³/mol. The zero-order chi connectivity index (χ0) is 29.5. The number of amides is 3. The van der Waals surface area contributed by atoms with Crippen LogP contribution in [0.25, 0.3) is 0 Å². The van der Waals surface area contributed by atoms with Crippen LogP contribution in [-0.4, -0.2) is 71.4 Å². The number of piperidine rings is 1. The van der Waals surface area contributed by atoms with E-state index in [4.69, 9.17) is 14.2 Å². The van der Waals surface area contributed by atoms with Crippen molar-refractivity contribution in [1.29, 1.82) is 0 Å². The Morgan fingerprint density at radius 3 is 2.64 bits per heavy atom. The molecular weight excluding hydrogens is 538 g/mol. The minimum atomic E-state index is -0.440. The molecule has 2 aromatic carbocycles. The van der Waals surface area contributed by atoms with Gasteiger partial charge < -0.3 is 29.7 Å². The van der Waals surface area contributed by atoms with E-state index in [-0.39, 0.29) is 30.4 Å². The van der Waals surface area contributed by atoms with E-state index in [1.165, 1.54) is 7.11 Å². The Labute approximate surface area is 245 Å². The Hall–Kier alpha value is -4.54. The first-order chi connectivity index (χ1) is 20.4. The monoisotopic (exact) mass is 575 g/mol. The Balaban J connectivity index is 1.32. The maximum absolute atomic E-state index is 13.1. The summed E-state index contributed by atoms with van der Waals surface area (Å²) in [4.78, 5) is 40.5. The van der Waals surface area contributed by atoms with Crippen LogP contribution in [0.2, 0.25) is 0 Å². The Morgan fingerprint density at radius 2 is 1.88 bits per heavy atom. The van der Waals surface area contributed by atoms with Gasteiger partial charge in [0.15, 0.2) is 18.1 Å². The van der Waals surface area contributed by atoms with Crippen molar-refractivity contribution >= 4 is 17.7 Å². The van der Waals surface area contributed by atoms with Crippen molar-refractivity contribution in [2.24, 2.45) is 7.05 Å². The molecule has 0 spiro atoms. The molecule has 3 aromatic rings. The fourth-order valence-corrected chi connectivity index (χ4v) is 5.26. The summed E-state index contributed by atoms with van der Waals surface area (Å²) < 4.78 is 19.4. The van der Waals surface area contributed by atoms with Crippen LogP contribution >= 0.6 is 0 Å². The molecule has 4 bridgehead atoms. The minimum absolute atomic E-state index is 0.0165. The zero-order valence-corrected chi connectivity index (χ0v) is 24.0. The van der Waals surface area contributed by atoms with E-state index in [0.717, 1.165) is 16.8 Å². The lowest BCUT2D eigenvalue weighted by Crippen LogP contribution is -2.58. The molecule has 0 saturated carbocycles. The van der Waals surface area contributed by atoms with Crippen molar-refractivity contribution in [2.75, 3.05) is 26.8 Å². The van der Waals surface area contributed by atoms with Gasteiger partial charge in [0.05, 0.1) is 13.2 Å². The molecule has 11 heteroatoms. The second-order valence-corrected chi connectivity index (χ2v) is 10.6. The van der Waals surface area contributed by atoms with Crippen molar-refractivity contribution in [3.63, 3.8) is 0 Å². The molecule has 0 aliphatic carbocycles. The van der Waals surface area contributed by atoms with E-state index in [1.54, 1.807) is 21.8 Å². The molecule has 11 nitrogen and oxygen atoms in total. The number of methoxy groups -OCH3 is 1. The van der Waals surface area contributed by atoms with E-state index in [0.29, 0.717) is 69.0 Å². The summed E-state index contributed by atoms with van der Waals surface area (Å²) in [6.07, 6.45) is 3.73. The molecular formula is C31H37N5O6. The molecule has 0 unspecified atom stereocenters. The van der Waals surface area contributed by atoms with Crippen LogP contribution in [0.3, 0.4) is 0 Å². The second-order valence-electron chi connectivity index (χ2n) is 10.6. The minimum Gasteiger partial charge on any atom is -0.493 e. The molecule has 1 aromatic heterocycles. The van der Waals surface area contributed by atoms with Crippen LogP contribution in [0.15, 0.2) is 54.7 Å². The SMILES string of the molecule is COc1cc2ccc1OCC(=O)N[C@@H]1CN(C(=O)CCc3ccnn3C)CC[C@H]1Oc1ccc(cc1)CNC(=O)CC2. The van der Waals surface area contributed by atoms with Crippen molar-refractivity contribution in [3.8, 4) is 17.2 Å². The van der Waals surface area contributed by atoms with E-state index in [2.05, 4.69) is 15.7 Å². The maximum atomic E-state index is 13.1. The number of hydrogen-bond acceptors (Lipinski definition) is 7. The molecule has 3 amide bonds. The number of aryl methyl sites for hydroxylation is 3. The Kier molecular flexibility index (Phi) is 9.25. The summed E-state index contributed by atoms with van der Waals surface area (Å²) in [5.41, 5.74) is 2.86. The van der Waals surface area contributed by atoms with Crippen LogP contribution in [0.1, 0.15) is 36.1 Å². The van der Waals surface area contributed by atoms with Gasteiger partial charge in [0.2, 0.25) is 11.8 Å². The van der Waals surface area contributed by atoms with Crippen molar-refractivity contribution in [3.05, 3.63) is 71.5 Å². The smallest absolute Gasteiger partial charge is 0.258 e. The average Bonchev–Trinajstić information content (AvgIpc) is 3.42. The molecule has 2 atom stereocenters. The summed E-state index contributed by atoms with van der Waals surface area (Å²) >= 11 is 0. The van der Waals surface area contributed by atoms with E-state index >= 15 is 0 Å². The number of carbonyl (C=O) groups is 3. The molecule has 1 saturated heterocycles. The Bertz CT molecular complexity index is 1410. The van der Waals surface area contributed by atoms with Gasteiger partial charge in [-0.1, -0.05) is 18.2 Å². The largest absolute Gasteiger partial charge is 0.493 e. The number of nitrogens with zero attached hydrogens (tertiary/aromatic N) is 3. The predicted octanol–water partition coefficient (Wildman–Crippen LogP) is 2.17. The first-order valence-electron chi connectivity index (χ1n) is 14.2. The lowest BCUT2D eigenvalue weighted by molar-refractivity contribution is -0.135. The number of benzene rings is 2. The third-order valence-corrected chi connectivity index (χ3v) is 7.69. The molecule has 42 heavy (non-hydrogen) atoms. The number of aromatic nitrogens is 2. The zero-order valence-electron chi connectivity index (χ0n) is 24.0. The van der Waals surface area contributed by atoms with Gasteiger partial charge in [-0.05, 0) is 54.3 Å². The highest BCUT2D eigenvalue weighted by atomic mass is 16.5. The molecule has 222 valence electrons. The fourth-order valence-electron chi connectivity index (χ4n) is 5.26. The van der Waals surface area contributed by atoms with Crippen molar-refractivity contribution in [1.82, 2.24) is 25.3 Å². The number of rotatable bonds is 4. The summed E-state index contributed by atoms with van der Waals surface area (Å²) in [6.45, 7) is 1.02. The molecule has 6 heterocycles. The van der Waals surface area contributed by atoms with Gasteiger partial charge in [0, 0.05) is 57.8 Å². The lowest BCUT2D eigenvalue weighted by atomic mass is 10.0. The topological polar surface area (TPSA) is 124 Å². The second kappa shape index (κ2) is 13.4. The van der Waals surface area contributed by atoms with Crippen LogP contribution in [0.4, 0.5) is 0 Å². The number of nitrogens with one attached hydrogen (secondary N) is 2. The molecule has 5 aliphatic rings. The Morgan fingerprint density at radius 1 is 1.07 bits per heavy atom. The summed E-state index contributed by atoms with van der Waals surface area (Å²) in [5, 5.41) is 10.2. The van der Waals surface area contributed by atoms with Crippen LogP contribution < -0.4 is 24.8 Å². The average molecular weight is 576 g/mol. The van der Waals surface area contributed by atoms with Crippen molar-refractivity contribution in [2.45, 2.75) is 50.8 Å². The first-order valence-corrected chi connectivity index (χ1v) is 14.2. The van der Waals surface area contributed by atoms with Crippen molar-refractivity contribution < 1.29 is 28.6 Å². The molecule has 2 N–H and O–H groups in total. The summed E-state index contributed by atoms with van der Waals surface area (Å²) in [6, 6.07) is 14.4. The van der Waals surface area contributed by atoms with Gasteiger partial charge in [-0.2, -0.15) is 5.10 Å². The van der Waals surface area contributed by atoms with Gasteiger partial charge in [-0.15, -0.1) is 0 Å². The highest BCUT2D eigenvalue weighted by molar-refractivity contribution is 5.79. The van der Waals surface area contributed by atoms with Crippen LogP contribution in [-0.2, 0) is 40.8 Å². The van der Waals surface area contributed by atoms with Gasteiger partial charge in [0.1, 0.15) is 11.9 Å². The van der Waals surface area contributed by atoms with Gasteiger partial charge in [-0.25, -0.2) is 0 Å².